The third-order valence-corrected chi connectivity index (χ3v) is 3.53. The summed E-state index contributed by atoms with van der Waals surface area (Å²) in [5.74, 6) is -1.02. The van der Waals surface area contributed by atoms with Crippen LogP contribution in [0, 0.1) is 5.41 Å². The van der Waals surface area contributed by atoms with Gasteiger partial charge in [-0.15, -0.1) is 0 Å². The fourth-order valence-electron chi connectivity index (χ4n) is 2.22. The zero-order valence-corrected chi connectivity index (χ0v) is 10.7. The zero-order chi connectivity index (χ0) is 13.1. The van der Waals surface area contributed by atoms with E-state index in [0.717, 1.165) is 19.3 Å². The van der Waals surface area contributed by atoms with E-state index in [2.05, 4.69) is 24.5 Å². The van der Waals surface area contributed by atoms with Crippen LogP contribution in [0.4, 0.5) is 4.79 Å². The average molecular weight is 242 g/mol. The van der Waals surface area contributed by atoms with Gasteiger partial charge in [-0.1, -0.05) is 26.7 Å². The smallest absolute Gasteiger partial charge is 0.325 e. The maximum absolute atomic E-state index is 11.6. The molecular formula is C12H22N2O3. The van der Waals surface area contributed by atoms with E-state index >= 15 is 0 Å². The highest BCUT2D eigenvalue weighted by atomic mass is 16.4. The number of amides is 2. The van der Waals surface area contributed by atoms with Crippen LogP contribution >= 0.6 is 0 Å². The van der Waals surface area contributed by atoms with Gasteiger partial charge in [0.05, 0.1) is 0 Å². The SMILES string of the molecule is C[C@@H](NC(=O)NC1CCCCC1(C)C)C(=O)O. The molecule has 2 amide bonds. The van der Waals surface area contributed by atoms with Crippen molar-refractivity contribution >= 4 is 12.0 Å². The maximum Gasteiger partial charge on any atom is 0.325 e. The molecule has 1 saturated carbocycles. The van der Waals surface area contributed by atoms with Crippen LogP contribution in [0.25, 0.3) is 0 Å². The lowest BCUT2D eigenvalue weighted by Gasteiger charge is -2.39. The van der Waals surface area contributed by atoms with E-state index in [4.69, 9.17) is 5.11 Å². The first-order chi connectivity index (χ1) is 7.83. The molecule has 1 aliphatic rings. The molecule has 2 atom stereocenters. The van der Waals surface area contributed by atoms with Gasteiger partial charge in [-0.05, 0) is 25.2 Å². The predicted molar refractivity (Wildman–Crippen MR) is 64.8 cm³/mol. The quantitative estimate of drug-likeness (QED) is 0.705. The number of carboxylic acids is 1. The molecule has 3 N–H and O–H groups in total. The van der Waals surface area contributed by atoms with Gasteiger partial charge in [-0.2, -0.15) is 0 Å². The van der Waals surface area contributed by atoms with E-state index in [1.165, 1.54) is 13.3 Å². The summed E-state index contributed by atoms with van der Waals surface area (Å²) in [7, 11) is 0. The Morgan fingerprint density at radius 2 is 2.00 bits per heavy atom. The van der Waals surface area contributed by atoms with Crippen molar-refractivity contribution in [3.8, 4) is 0 Å². The third kappa shape index (κ3) is 3.91. The minimum absolute atomic E-state index is 0.0854. The summed E-state index contributed by atoms with van der Waals surface area (Å²) in [5.41, 5.74) is 0.0854. The average Bonchev–Trinajstić information content (AvgIpc) is 2.20. The van der Waals surface area contributed by atoms with E-state index in [1.807, 2.05) is 0 Å². The number of carboxylic acid groups (broad SMARTS) is 1. The number of urea groups is 1. The van der Waals surface area contributed by atoms with Crippen molar-refractivity contribution < 1.29 is 14.7 Å². The standard InChI is InChI=1S/C12H22N2O3/c1-8(10(15)16)13-11(17)14-9-6-4-5-7-12(9,2)3/h8-9H,4-7H2,1-3H3,(H,15,16)(H2,13,14,17)/t8-,9?/m1/s1. The zero-order valence-electron chi connectivity index (χ0n) is 10.7. The van der Waals surface area contributed by atoms with Crippen LogP contribution in [0.15, 0.2) is 0 Å². The van der Waals surface area contributed by atoms with Gasteiger partial charge in [-0.25, -0.2) is 4.79 Å². The highest BCUT2D eigenvalue weighted by Gasteiger charge is 2.33. The van der Waals surface area contributed by atoms with E-state index < -0.39 is 12.0 Å². The predicted octanol–water partition coefficient (Wildman–Crippen LogP) is 1.73. The number of rotatable bonds is 3. The summed E-state index contributed by atoms with van der Waals surface area (Å²) in [4.78, 5) is 22.2. The lowest BCUT2D eigenvalue weighted by Crippen LogP contribution is -2.52. The van der Waals surface area contributed by atoms with Gasteiger partial charge in [0.2, 0.25) is 0 Å². The lowest BCUT2D eigenvalue weighted by molar-refractivity contribution is -0.138. The lowest BCUT2D eigenvalue weighted by atomic mass is 9.73. The van der Waals surface area contributed by atoms with E-state index in [9.17, 15) is 9.59 Å². The summed E-state index contributed by atoms with van der Waals surface area (Å²) < 4.78 is 0. The topological polar surface area (TPSA) is 78.4 Å². The van der Waals surface area contributed by atoms with Gasteiger partial charge in [0.1, 0.15) is 6.04 Å². The van der Waals surface area contributed by atoms with E-state index in [0.29, 0.717) is 0 Å². The van der Waals surface area contributed by atoms with Gasteiger partial charge in [0.15, 0.2) is 0 Å². The Labute approximate surface area is 102 Å². The molecule has 1 rings (SSSR count). The largest absolute Gasteiger partial charge is 0.480 e. The van der Waals surface area contributed by atoms with Crippen molar-refractivity contribution in [3.63, 3.8) is 0 Å². The van der Waals surface area contributed by atoms with Crippen LogP contribution in [0.1, 0.15) is 46.5 Å². The first-order valence-corrected chi connectivity index (χ1v) is 6.13. The summed E-state index contributed by atoms with van der Waals surface area (Å²) in [6.45, 7) is 5.73. The molecule has 0 aromatic rings. The minimum Gasteiger partial charge on any atom is -0.480 e. The third-order valence-electron chi connectivity index (χ3n) is 3.53. The molecule has 98 valence electrons. The van der Waals surface area contributed by atoms with Crippen molar-refractivity contribution in [2.24, 2.45) is 5.41 Å². The Kier molecular flexibility index (Phi) is 4.37. The Morgan fingerprint density at radius 1 is 1.35 bits per heavy atom. The second kappa shape index (κ2) is 5.38. The molecule has 0 radical (unpaired) electrons. The molecular weight excluding hydrogens is 220 g/mol. The highest BCUT2D eigenvalue weighted by molar-refractivity contribution is 5.82. The molecule has 1 aliphatic carbocycles. The van der Waals surface area contributed by atoms with Crippen LogP contribution < -0.4 is 10.6 Å². The summed E-state index contributed by atoms with van der Waals surface area (Å²) in [6, 6.07) is -1.13. The number of nitrogens with one attached hydrogen (secondary N) is 2. The molecule has 17 heavy (non-hydrogen) atoms. The fraction of sp³-hybridized carbons (Fsp3) is 0.833. The normalized spacial score (nSPS) is 24.8. The number of carbonyl (C=O) groups excluding carboxylic acids is 1. The molecule has 5 nitrogen and oxygen atoms in total. The molecule has 0 heterocycles. The molecule has 5 heteroatoms. The summed E-state index contributed by atoms with van der Waals surface area (Å²) in [5, 5.41) is 14.0. The number of hydrogen-bond donors (Lipinski definition) is 3. The second-order valence-corrected chi connectivity index (χ2v) is 5.46. The Bertz CT molecular complexity index is 302. The van der Waals surface area contributed by atoms with Crippen LogP contribution in [-0.2, 0) is 4.79 Å². The highest BCUT2D eigenvalue weighted by Crippen LogP contribution is 2.35. The second-order valence-electron chi connectivity index (χ2n) is 5.46. The Balaban J connectivity index is 2.47. The van der Waals surface area contributed by atoms with Crippen molar-refractivity contribution in [2.45, 2.75) is 58.5 Å². The monoisotopic (exact) mass is 242 g/mol. The van der Waals surface area contributed by atoms with E-state index in [-0.39, 0.29) is 17.5 Å². The van der Waals surface area contributed by atoms with Gasteiger partial charge in [0.25, 0.3) is 0 Å². The summed E-state index contributed by atoms with van der Waals surface area (Å²) >= 11 is 0. The van der Waals surface area contributed by atoms with Crippen LogP contribution in [-0.4, -0.2) is 29.2 Å². The first-order valence-electron chi connectivity index (χ1n) is 6.13. The molecule has 0 aliphatic heterocycles. The molecule has 0 saturated heterocycles. The van der Waals surface area contributed by atoms with Crippen molar-refractivity contribution in [3.05, 3.63) is 0 Å². The van der Waals surface area contributed by atoms with Gasteiger partial charge < -0.3 is 15.7 Å². The number of carbonyl (C=O) groups is 2. The van der Waals surface area contributed by atoms with Crippen molar-refractivity contribution in [1.29, 1.82) is 0 Å². The van der Waals surface area contributed by atoms with Crippen molar-refractivity contribution in [1.82, 2.24) is 10.6 Å². The Morgan fingerprint density at radius 3 is 2.53 bits per heavy atom. The number of aliphatic carboxylic acids is 1. The number of hydrogen-bond acceptors (Lipinski definition) is 2. The van der Waals surface area contributed by atoms with Crippen LogP contribution in [0.2, 0.25) is 0 Å². The molecule has 0 aromatic heterocycles. The first kappa shape index (κ1) is 13.8. The Hall–Kier alpha value is -1.26. The van der Waals surface area contributed by atoms with Gasteiger partial charge >= 0.3 is 12.0 Å². The van der Waals surface area contributed by atoms with Crippen molar-refractivity contribution in [2.75, 3.05) is 0 Å². The maximum atomic E-state index is 11.6. The molecule has 1 fully saturated rings. The summed E-state index contributed by atoms with van der Waals surface area (Å²) in [6.07, 6.45) is 4.36. The molecule has 1 unspecified atom stereocenters. The van der Waals surface area contributed by atoms with Crippen LogP contribution in [0.3, 0.4) is 0 Å². The minimum atomic E-state index is -1.02. The van der Waals surface area contributed by atoms with Gasteiger partial charge in [-0.3, -0.25) is 4.79 Å². The van der Waals surface area contributed by atoms with Crippen LogP contribution in [0.5, 0.6) is 0 Å². The fourth-order valence-corrected chi connectivity index (χ4v) is 2.22. The van der Waals surface area contributed by atoms with Gasteiger partial charge in [0, 0.05) is 6.04 Å². The molecule has 0 bridgehead atoms. The molecule has 0 aromatic carbocycles. The van der Waals surface area contributed by atoms with E-state index in [1.54, 1.807) is 0 Å². The molecule has 0 spiro atoms.